The minimum atomic E-state index is -0.740. The van der Waals surface area contributed by atoms with Crippen LogP contribution in [0.1, 0.15) is 63.4 Å². The highest BCUT2D eigenvalue weighted by atomic mass is 16.3. The van der Waals surface area contributed by atoms with E-state index in [2.05, 4.69) is 28.2 Å². The zero-order chi connectivity index (χ0) is 31.6. The van der Waals surface area contributed by atoms with Crippen molar-refractivity contribution in [3.8, 4) is 5.75 Å². The van der Waals surface area contributed by atoms with Crippen LogP contribution in [0.15, 0.2) is 55.1 Å². The number of phenols is 1. The number of nitrogens with zero attached hydrogens (tertiary/aromatic N) is 4. The number of hydrogen-bond acceptors (Lipinski definition) is 6. The average molecular weight is 619 g/mol. The molecule has 3 fully saturated rings. The molecule has 0 aliphatic carbocycles. The number of allylic oxidation sites excluding steroid dienone is 2. The van der Waals surface area contributed by atoms with E-state index in [-0.39, 0.29) is 36.1 Å². The molecule has 4 heterocycles. The van der Waals surface area contributed by atoms with E-state index in [4.69, 9.17) is 0 Å². The Bertz CT molecular complexity index is 1230. The summed E-state index contributed by atoms with van der Waals surface area (Å²) in [5.41, 5.74) is 1.30. The van der Waals surface area contributed by atoms with Crippen molar-refractivity contribution >= 4 is 23.5 Å². The van der Waals surface area contributed by atoms with Crippen LogP contribution >= 0.6 is 0 Å². The zero-order valence-electron chi connectivity index (χ0n) is 26.5. The second-order valence-electron chi connectivity index (χ2n) is 12.7. The van der Waals surface area contributed by atoms with Crippen molar-refractivity contribution in [3.05, 3.63) is 60.7 Å². The van der Waals surface area contributed by atoms with Gasteiger partial charge in [0.25, 0.3) is 0 Å². The number of benzene rings is 1. The number of amides is 4. The number of urea groups is 1. The molecular formula is C35H50N6O4. The molecule has 0 unspecified atom stereocenters. The summed E-state index contributed by atoms with van der Waals surface area (Å²) in [5, 5.41) is 16.0. The molecule has 0 radical (unpaired) electrons. The Morgan fingerprint density at radius 1 is 0.867 bits per heavy atom. The van der Waals surface area contributed by atoms with Gasteiger partial charge >= 0.3 is 6.03 Å². The summed E-state index contributed by atoms with van der Waals surface area (Å²) >= 11 is 0. The van der Waals surface area contributed by atoms with Crippen LogP contribution in [0.2, 0.25) is 0 Å². The second-order valence-corrected chi connectivity index (χ2v) is 12.7. The fourth-order valence-corrected chi connectivity index (χ4v) is 7.08. The SMILES string of the molecule is C=C(N[C@@H](CC(=O)N1CCC(N2CC/C=C\C=C/CNC2=O)CC1)C(=O)N1CCC(N2CCCCC2)CC1)c1ccc(O)cc1. The molecule has 1 aromatic carbocycles. The van der Waals surface area contributed by atoms with E-state index in [9.17, 15) is 19.5 Å². The van der Waals surface area contributed by atoms with Gasteiger partial charge in [0, 0.05) is 57.0 Å². The van der Waals surface area contributed by atoms with Crippen molar-refractivity contribution < 1.29 is 19.5 Å². The number of phenolic OH excluding ortho intramolecular Hbond substituents is 1. The minimum absolute atomic E-state index is 0.0357. The van der Waals surface area contributed by atoms with E-state index in [1.165, 1.54) is 19.3 Å². The minimum Gasteiger partial charge on any atom is -0.508 e. The summed E-state index contributed by atoms with van der Waals surface area (Å²) in [6.45, 7) is 10.1. The first-order valence-electron chi connectivity index (χ1n) is 16.8. The van der Waals surface area contributed by atoms with Crippen LogP contribution in [0.3, 0.4) is 0 Å². The summed E-state index contributed by atoms with van der Waals surface area (Å²) in [7, 11) is 0. The van der Waals surface area contributed by atoms with Crippen molar-refractivity contribution in [3.63, 3.8) is 0 Å². The highest BCUT2D eigenvalue weighted by Gasteiger charge is 2.35. The molecule has 0 saturated carbocycles. The molecule has 4 amide bonds. The molecule has 3 saturated heterocycles. The molecular weight excluding hydrogens is 568 g/mol. The average Bonchev–Trinajstić information content (AvgIpc) is 3.08. The summed E-state index contributed by atoms with van der Waals surface area (Å²) in [5.74, 6) is 0.0167. The van der Waals surface area contributed by atoms with E-state index in [1.54, 1.807) is 24.3 Å². The molecule has 3 N–H and O–H groups in total. The van der Waals surface area contributed by atoms with Gasteiger partial charge in [0.15, 0.2) is 0 Å². The lowest BCUT2D eigenvalue weighted by Crippen LogP contribution is -2.54. The molecule has 5 rings (SSSR count). The van der Waals surface area contributed by atoms with E-state index in [1.807, 2.05) is 32.9 Å². The molecule has 1 aromatic rings. The maximum absolute atomic E-state index is 14.0. The third-order valence-corrected chi connectivity index (χ3v) is 9.73. The van der Waals surface area contributed by atoms with Crippen LogP contribution in [0.5, 0.6) is 5.75 Å². The Balaban J connectivity index is 1.20. The van der Waals surface area contributed by atoms with Crippen LogP contribution in [0.25, 0.3) is 5.70 Å². The highest BCUT2D eigenvalue weighted by Crippen LogP contribution is 2.24. The van der Waals surface area contributed by atoms with Gasteiger partial charge in [-0.15, -0.1) is 0 Å². The summed E-state index contributed by atoms with van der Waals surface area (Å²) in [4.78, 5) is 48.8. The third kappa shape index (κ3) is 8.90. The lowest BCUT2D eigenvalue weighted by atomic mass is 9.98. The Kier molecular flexibility index (Phi) is 11.6. The summed E-state index contributed by atoms with van der Waals surface area (Å²) in [6, 6.07) is 6.45. The predicted octanol–water partition coefficient (Wildman–Crippen LogP) is 3.71. The van der Waals surface area contributed by atoms with Crippen LogP contribution in [-0.4, -0.2) is 113 Å². The first kappa shape index (κ1) is 32.6. The lowest BCUT2D eigenvalue weighted by Gasteiger charge is -2.41. The van der Waals surface area contributed by atoms with Gasteiger partial charge in [-0.3, -0.25) is 9.59 Å². The zero-order valence-corrected chi connectivity index (χ0v) is 26.5. The summed E-state index contributed by atoms with van der Waals surface area (Å²) in [6.07, 6.45) is 15.9. The largest absolute Gasteiger partial charge is 0.508 e. The number of piperidine rings is 3. The van der Waals surface area contributed by atoms with Gasteiger partial charge in [0.05, 0.1) is 6.42 Å². The van der Waals surface area contributed by atoms with Gasteiger partial charge in [0.1, 0.15) is 11.8 Å². The Morgan fingerprint density at radius 2 is 1.51 bits per heavy atom. The number of nitrogens with one attached hydrogen (secondary N) is 2. The Hall–Kier alpha value is -3.79. The molecule has 0 aromatic heterocycles. The summed E-state index contributed by atoms with van der Waals surface area (Å²) < 4.78 is 0. The molecule has 0 spiro atoms. The number of carbonyl (C=O) groups is 3. The first-order chi connectivity index (χ1) is 21.9. The van der Waals surface area contributed by atoms with E-state index < -0.39 is 6.04 Å². The third-order valence-electron chi connectivity index (χ3n) is 9.73. The number of hydrogen-bond donors (Lipinski definition) is 3. The number of rotatable bonds is 8. The van der Waals surface area contributed by atoms with Crippen molar-refractivity contribution in [2.75, 3.05) is 52.4 Å². The molecule has 4 aliphatic rings. The number of carbonyl (C=O) groups excluding carboxylic acids is 3. The van der Waals surface area contributed by atoms with Crippen molar-refractivity contribution in [1.82, 2.24) is 30.2 Å². The molecule has 244 valence electrons. The van der Waals surface area contributed by atoms with Crippen LogP contribution in [-0.2, 0) is 9.59 Å². The highest BCUT2D eigenvalue weighted by molar-refractivity contribution is 5.90. The monoisotopic (exact) mass is 618 g/mol. The fraction of sp³-hybridized carbons (Fsp3) is 0.571. The van der Waals surface area contributed by atoms with Gasteiger partial charge in [-0.2, -0.15) is 0 Å². The van der Waals surface area contributed by atoms with Crippen LogP contribution in [0, 0.1) is 0 Å². The number of likely N-dealkylation sites (tertiary alicyclic amines) is 3. The molecule has 4 aliphatic heterocycles. The predicted molar refractivity (Wildman–Crippen MR) is 176 cm³/mol. The van der Waals surface area contributed by atoms with Gasteiger partial charge in [-0.25, -0.2) is 4.79 Å². The molecule has 1 atom stereocenters. The molecule has 0 bridgehead atoms. The normalized spacial score (nSPS) is 23.1. The quantitative estimate of drug-likeness (QED) is 0.410. The maximum Gasteiger partial charge on any atom is 0.317 e. The Labute approximate surface area is 267 Å². The van der Waals surface area contributed by atoms with Gasteiger partial charge in [-0.05, 0) is 87.9 Å². The molecule has 10 nitrogen and oxygen atoms in total. The van der Waals surface area contributed by atoms with Crippen molar-refractivity contribution in [2.24, 2.45) is 0 Å². The van der Waals surface area contributed by atoms with Gasteiger partial charge < -0.3 is 35.3 Å². The lowest BCUT2D eigenvalue weighted by molar-refractivity contribution is -0.140. The van der Waals surface area contributed by atoms with E-state index in [0.717, 1.165) is 37.9 Å². The van der Waals surface area contributed by atoms with E-state index in [0.29, 0.717) is 63.8 Å². The van der Waals surface area contributed by atoms with Gasteiger partial charge in [-0.1, -0.05) is 37.3 Å². The fourth-order valence-electron chi connectivity index (χ4n) is 7.08. The standard InChI is InChI=1S/C35H50N6O4/c1-27(28-10-12-31(42)13-11-28)37-32(34(44)40-24-14-29(15-25-40)38-19-7-5-8-20-38)26-33(43)39-22-16-30(17-23-39)41-21-9-4-2-3-6-18-36-35(41)45/h2-4,6,10-13,29-30,32,37,42H,1,5,7-9,14-26H2,(H,36,45)/b4-2-,6-3-/t32-/m0/s1. The van der Waals surface area contributed by atoms with Crippen molar-refractivity contribution in [2.45, 2.75) is 75.9 Å². The second kappa shape index (κ2) is 16.0. The first-order valence-corrected chi connectivity index (χ1v) is 16.8. The topological polar surface area (TPSA) is 108 Å². The van der Waals surface area contributed by atoms with E-state index >= 15 is 0 Å². The smallest absolute Gasteiger partial charge is 0.317 e. The Morgan fingerprint density at radius 3 is 2.22 bits per heavy atom. The number of aromatic hydroxyl groups is 1. The van der Waals surface area contributed by atoms with Crippen LogP contribution < -0.4 is 10.6 Å². The molecule has 45 heavy (non-hydrogen) atoms. The van der Waals surface area contributed by atoms with Crippen molar-refractivity contribution in [1.29, 1.82) is 0 Å². The van der Waals surface area contributed by atoms with Gasteiger partial charge in [0.2, 0.25) is 11.8 Å². The van der Waals surface area contributed by atoms with Crippen LogP contribution in [0.4, 0.5) is 4.79 Å². The molecule has 10 heteroatoms. The maximum atomic E-state index is 14.0.